The minimum atomic E-state index is -1.06. The third kappa shape index (κ3) is 4.67. The number of nitrogens with zero attached hydrogens (tertiary/aromatic N) is 1. The summed E-state index contributed by atoms with van der Waals surface area (Å²) in [5.41, 5.74) is 1.54. The Bertz CT molecular complexity index is 976. The third-order valence-electron chi connectivity index (χ3n) is 3.55. The van der Waals surface area contributed by atoms with E-state index in [1.165, 1.54) is 13.0 Å². The molecule has 3 aromatic rings. The quantitative estimate of drug-likeness (QED) is 0.491. The number of carbonyl (C=O) groups excluding carboxylic acids is 2. The summed E-state index contributed by atoms with van der Waals surface area (Å²) in [6, 6.07) is 12.0. The molecule has 0 saturated carbocycles. The van der Waals surface area contributed by atoms with E-state index in [0.29, 0.717) is 11.1 Å². The first-order chi connectivity index (χ1) is 12.9. The van der Waals surface area contributed by atoms with Crippen LogP contribution < -0.4 is 5.32 Å². The molecule has 1 aromatic heterocycles. The smallest absolute Gasteiger partial charge is 0.331 e. The normalized spacial score (nSPS) is 12.3. The molecule has 0 saturated heterocycles. The molecule has 0 radical (unpaired) electrons. The number of oxazole rings is 1. The zero-order chi connectivity index (χ0) is 19.4. The Balaban J connectivity index is 1.60. The summed E-state index contributed by atoms with van der Waals surface area (Å²) in [6.07, 6.45) is 1.45. The van der Waals surface area contributed by atoms with E-state index in [0.717, 1.165) is 6.08 Å². The van der Waals surface area contributed by atoms with Gasteiger partial charge >= 0.3 is 5.97 Å². The van der Waals surface area contributed by atoms with Crippen LogP contribution >= 0.6 is 23.2 Å². The summed E-state index contributed by atoms with van der Waals surface area (Å²) >= 11 is 12.0. The highest BCUT2D eigenvalue weighted by molar-refractivity contribution is 6.39. The van der Waals surface area contributed by atoms with Gasteiger partial charge in [0, 0.05) is 12.2 Å². The molecule has 0 spiro atoms. The molecular weight excluding hydrogens is 391 g/mol. The second-order valence-electron chi connectivity index (χ2n) is 5.52. The van der Waals surface area contributed by atoms with E-state index >= 15 is 0 Å². The van der Waals surface area contributed by atoms with E-state index < -0.39 is 18.0 Å². The van der Waals surface area contributed by atoms with Crippen LogP contribution in [0.5, 0.6) is 0 Å². The minimum absolute atomic E-state index is 0.258. The number of ether oxygens (including phenoxy) is 1. The standard InChI is InChI=1S/C19H14Cl2N2O4/c1-11(19(25)23-18-12(20)5-4-6-13(18)21)26-17(24)10-9-16-22-14-7-2-3-8-15(14)27-16/h2-11H,1H3,(H,23,25)/b10-9+/t11-/m0/s1. The molecule has 0 unspecified atom stereocenters. The predicted octanol–water partition coefficient (Wildman–Crippen LogP) is 4.72. The zero-order valence-electron chi connectivity index (χ0n) is 14.1. The number of hydrogen-bond acceptors (Lipinski definition) is 5. The number of aromatic nitrogens is 1. The van der Waals surface area contributed by atoms with Crippen molar-refractivity contribution in [3.8, 4) is 0 Å². The molecule has 2 aromatic carbocycles. The largest absolute Gasteiger partial charge is 0.449 e. The molecule has 6 nitrogen and oxygen atoms in total. The Morgan fingerprint density at radius 1 is 1.15 bits per heavy atom. The lowest BCUT2D eigenvalue weighted by Crippen LogP contribution is -2.29. The summed E-state index contributed by atoms with van der Waals surface area (Å²) in [5.74, 6) is -1.02. The number of benzene rings is 2. The number of nitrogens with one attached hydrogen (secondary N) is 1. The fraction of sp³-hybridized carbons (Fsp3) is 0.105. The van der Waals surface area contributed by atoms with Gasteiger partial charge in [-0.2, -0.15) is 0 Å². The van der Waals surface area contributed by atoms with E-state index in [2.05, 4.69) is 10.3 Å². The maximum Gasteiger partial charge on any atom is 0.331 e. The van der Waals surface area contributed by atoms with Crippen LogP contribution in [0.4, 0.5) is 5.69 Å². The summed E-state index contributed by atoms with van der Waals surface area (Å²) in [7, 11) is 0. The first-order valence-corrected chi connectivity index (χ1v) is 8.69. The van der Waals surface area contributed by atoms with Crippen molar-refractivity contribution in [2.24, 2.45) is 0 Å². The second kappa shape index (κ2) is 8.24. The Hall–Kier alpha value is -2.83. The average Bonchev–Trinajstić information content (AvgIpc) is 3.06. The highest BCUT2D eigenvalue weighted by atomic mass is 35.5. The number of fused-ring (bicyclic) bond motifs is 1. The Labute approximate surface area is 164 Å². The SMILES string of the molecule is C[C@H](OC(=O)/C=C/c1nc2ccccc2o1)C(=O)Nc1c(Cl)cccc1Cl. The van der Waals surface area contributed by atoms with Crippen LogP contribution in [0, 0.1) is 0 Å². The minimum Gasteiger partial charge on any atom is -0.449 e. The van der Waals surface area contributed by atoms with Crippen LogP contribution in [0.2, 0.25) is 10.0 Å². The molecule has 3 rings (SSSR count). The van der Waals surface area contributed by atoms with Gasteiger partial charge in [-0.25, -0.2) is 9.78 Å². The number of halogens is 2. The van der Waals surface area contributed by atoms with Gasteiger partial charge in [-0.3, -0.25) is 4.79 Å². The van der Waals surface area contributed by atoms with Gasteiger partial charge in [0.15, 0.2) is 11.7 Å². The number of esters is 1. The van der Waals surface area contributed by atoms with Crippen molar-refractivity contribution in [3.05, 3.63) is 64.5 Å². The summed E-state index contributed by atoms with van der Waals surface area (Å²) in [6.45, 7) is 1.44. The molecular formula is C19H14Cl2N2O4. The van der Waals surface area contributed by atoms with Gasteiger partial charge in [0.2, 0.25) is 5.89 Å². The van der Waals surface area contributed by atoms with Crippen LogP contribution in [-0.2, 0) is 14.3 Å². The van der Waals surface area contributed by atoms with Gasteiger partial charge < -0.3 is 14.5 Å². The molecule has 0 aliphatic heterocycles. The molecule has 0 aliphatic rings. The van der Waals surface area contributed by atoms with E-state index in [1.807, 2.05) is 12.1 Å². The number of para-hydroxylation sites is 3. The molecule has 0 aliphatic carbocycles. The molecule has 1 atom stereocenters. The lowest BCUT2D eigenvalue weighted by Gasteiger charge is -2.14. The van der Waals surface area contributed by atoms with E-state index in [4.69, 9.17) is 32.4 Å². The molecule has 1 amide bonds. The van der Waals surface area contributed by atoms with E-state index in [1.54, 1.807) is 30.3 Å². The van der Waals surface area contributed by atoms with Crippen LogP contribution in [0.3, 0.4) is 0 Å². The van der Waals surface area contributed by atoms with Gasteiger partial charge in [-0.1, -0.05) is 41.4 Å². The van der Waals surface area contributed by atoms with Crippen LogP contribution in [0.25, 0.3) is 17.2 Å². The lowest BCUT2D eigenvalue weighted by atomic mass is 10.3. The number of hydrogen-bond donors (Lipinski definition) is 1. The maximum atomic E-state index is 12.2. The summed E-state index contributed by atoms with van der Waals surface area (Å²) < 4.78 is 10.5. The molecule has 138 valence electrons. The highest BCUT2D eigenvalue weighted by Crippen LogP contribution is 2.29. The van der Waals surface area contributed by atoms with Crippen LogP contribution in [0.15, 0.2) is 53.0 Å². The Morgan fingerprint density at radius 2 is 1.85 bits per heavy atom. The fourth-order valence-electron chi connectivity index (χ4n) is 2.21. The van der Waals surface area contributed by atoms with Crippen molar-refractivity contribution in [2.45, 2.75) is 13.0 Å². The summed E-state index contributed by atoms with van der Waals surface area (Å²) in [4.78, 5) is 28.3. The van der Waals surface area contributed by atoms with Crippen molar-refractivity contribution in [1.29, 1.82) is 0 Å². The Morgan fingerprint density at radius 3 is 2.56 bits per heavy atom. The van der Waals surface area contributed by atoms with Gasteiger partial charge in [0.05, 0.1) is 15.7 Å². The molecule has 0 bridgehead atoms. The molecule has 1 N–H and O–H groups in total. The predicted molar refractivity (Wildman–Crippen MR) is 104 cm³/mol. The average molecular weight is 405 g/mol. The van der Waals surface area contributed by atoms with Crippen molar-refractivity contribution < 1.29 is 18.7 Å². The van der Waals surface area contributed by atoms with Gasteiger partial charge in [-0.15, -0.1) is 0 Å². The number of amides is 1. The first kappa shape index (κ1) is 18.9. The van der Waals surface area contributed by atoms with Crippen molar-refractivity contribution in [1.82, 2.24) is 4.98 Å². The van der Waals surface area contributed by atoms with Crippen molar-refractivity contribution in [3.63, 3.8) is 0 Å². The summed E-state index contributed by atoms with van der Waals surface area (Å²) in [5, 5.41) is 3.11. The van der Waals surface area contributed by atoms with Crippen molar-refractivity contribution in [2.75, 3.05) is 5.32 Å². The number of carbonyl (C=O) groups is 2. The van der Waals surface area contributed by atoms with Crippen LogP contribution in [-0.4, -0.2) is 23.0 Å². The lowest BCUT2D eigenvalue weighted by molar-refractivity contribution is -0.148. The highest BCUT2D eigenvalue weighted by Gasteiger charge is 2.19. The molecule has 1 heterocycles. The molecule has 0 fully saturated rings. The fourth-order valence-corrected chi connectivity index (χ4v) is 2.70. The zero-order valence-corrected chi connectivity index (χ0v) is 15.6. The third-order valence-corrected chi connectivity index (χ3v) is 4.18. The van der Waals surface area contributed by atoms with Crippen molar-refractivity contribution >= 4 is 57.9 Å². The van der Waals surface area contributed by atoms with Gasteiger partial charge in [-0.05, 0) is 31.2 Å². The van der Waals surface area contributed by atoms with Gasteiger partial charge in [0.1, 0.15) is 5.52 Å². The topological polar surface area (TPSA) is 81.4 Å². The first-order valence-electron chi connectivity index (χ1n) is 7.93. The number of rotatable bonds is 5. The molecule has 27 heavy (non-hydrogen) atoms. The maximum absolute atomic E-state index is 12.2. The van der Waals surface area contributed by atoms with Gasteiger partial charge in [0.25, 0.3) is 5.91 Å². The van der Waals surface area contributed by atoms with Crippen LogP contribution in [0.1, 0.15) is 12.8 Å². The monoisotopic (exact) mass is 404 g/mol. The van der Waals surface area contributed by atoms with E-state index in [-0.39, 0.29) is 21.6 Å². The Kier molecular flexibility index (Phi) is 5.78. The number of anilines is 1. The molecule has 8 heteroatoms. The second-order valence-corrected chi connectivity index (χ2v) is 6.33. The van der Waals surface area contributed by atoms with E-state index in [9.17, 15) is 9.59 Å².